The normalized spacial score (nSPS) is 18.0. The summed E-state index contributed by atoms with van der Waals surface area (Å²) in [6, 6.07) is 4.85. The highest BCUT2D eigenvalue weighted by molar-refractivity contribution is 5.59. The van der Waals surface area contributed by atoms with Crippen molar-refractivity contribution in [2.75, 3.05) is 18.9 Å². The van der Waals surface area contributed by atoms with Gasteiger partial charge in [-0.15, -0.1) is 0 Å². The summed E-state index contributed by atoms with van der Waals surface area (Å²) in [7, 11) is 2.01. The van der Waals surface area contributed by atoms with Gasteiger partial charge in [0, 0.05) is 19.3 Å². The van der Waals surface area contributed by atoms with E-state index < -0.39 is 0 Å². The lowest BCUT2D eigenvalue weighted by atomic mass is 9.99. The Bertz CT molecular complexity index is 1010. The maximum atomic E-state index is 14.5. The predicted octanol–water partition coefficient (Wildman–Crippen LogP) is 6.02. The molecule has 1 heterocycles. The number of likely N-dealkylation sites (N-methyl/N-ethyl adjacent to an activating group) is 1. The number of allylic oxidation sites excluding steroid dienone is 7. The lowest BCUT2D eigenvalue weighted by Gasteiger charge is -2.28. The van der Waals surface area contributed by atoms with Gasteiger partial charge in [0.05, 0.1) is 23.8 Å². The Morgan fingerprint density at radius 1 is 1.38 bits per heavy atom. The van der Waals surface area contributed by atoms with E-state index in [9.17, 15) is 4.39 Å². The van der Waals surface area contributed by atoms with Crippen LogP contribution in [0.25, 0.3) is 0 Å². The smallest absolute Gasteiger partial charge is 0.125 e. The molecule has 1 aliphatic heterocycles. The Morgan fingerprint density at radius 3 is 2.81 bits per heavy atom. The summed E-state index contributed by atoms with van der Waals surface area (Å²) in [4.78, 5) is 6.50. The monoisotopic (exact) mass is 432 g/mol. The van der Waals surface area contributed by atoms with E-state index in [1.54, 1.807) is 12.1 Å². The molecule has 3 rings (SSSR count). The molecule has 0 aromatic heterocycles. The Labute approximate surface area is 191 Å². The van der Waals surface area contributed by atoms with E-state index in [0.717, 1.165) is 35.4 Å². The molecular weight excluding hydrogens is 399 g/mol. The van der Waals surface area contributed by atoms with Crippen LogP contribution in [0.1, 0.15) is 37.8 Å². The van der Waals surface area contributed by atoms with E-state index in [-0.39, 0.29) is 11.9 Å². The Hall–Kier alpha value is -3.34. The highest BCUT2D eigenvalue weighted by Crippen LogP contribution is 2.40. The van der Waals surface area contributed by atoms with E-state index in [1.165, 1.54) is 25.2 Å². The summed E-state index contributed by atoms with van der Waals surface area (Å²) in [6.45, 7) is 10.7. The molecule has 1 unspecified atom stereocenters. The van der Waals surface area contributed by atoms with Crippen LogP contribution in [-0.4, -0.2) is 24.8 Å². The number of benzene rings is 1. The van der Waals surface area contributed by atoms with E-state index in [2.05, 4.69) is 46.6 Å². The second-order valence-electron chi connectivity index (χ2n) is 8.28. The van der Waals surface area contributed by atoms with E-state index in [1.807, 2.05) is 32.2 Å². The van der Waals surface area contributed by atoms with E-state index >= 15 is 0 Å². The number of hydrogen-bond acceptors (Lipinski definition) is 3. The van der Waals surface area contributed by atoms with Gasteiger partial charge in [0.25, 0.3) is 0 Å². The second kappa shape index (κ2) is 10.8. The van der Waals surface area contributed by atoms with Gasteiger partial charge in [0.2, 0.25) is 0 Å². The topological polar surface area (TPSA) is 53.6 Å². The average Bonchev–Trinajstić information content (AvgIpc) is 3.58. The zero-order valence-electron chi connectivity index (χ0n) is 19.0. The molecule has 0 amide bonds. The molecule has 1 fully saturated rings. The van der Waals surface area contributed by atoms with Crippen LogP contribution in [-0.2, 0) is 0 Å². The molecule has 1 saturated carbocycles. The second-order valence-corrected chi connectivity index (χ2v) is 8.28. The van der Waals surface area contributed by atoms with Gasteiger partial charge in [-0.25, -0.2) is 4.39 Å². The molecule has 4 nitrogen and oxygen atoms in total. The van der Waals surface area contributed by atoms with Crippen molar-refractivity contribution in [1.29, 1.82) is 0 Å². The molecule has 1 atom stereocenters. The molecule has 3 N–H and O–H groups in total. The van der Waals surface area contributed by atoms with Crippen LogP contribution in [0.2, 0.25) is 0 Å². The number of aliphatic imine (C=N–C) groups is 1. The SMILES string of the molecule is C=C/C=C\C(=C/C)C1=CCN(C)C(C(=C)Nc2cc(F)cc(C(CC3CC3)N=CN)c2)=C1. The van der Waals surface area contributed by atoms with Gasteiger partial charge in [-0.05, 0) is 60.2 Å². The van der Waals surface area contributed by atoms with Crippen LogP contribution in [0, 0.1) is 11.7 Å². The Morgan fingerprint density at radius 2 is 2.16 bits per heavy atom. The van der Waals surface area contributed by atoms with Crippen molar-refractivity contribution in [3.05, 3.63) is 102 Å². The molecule has 0 radical (unpaired) electrons. The first-order valence-electron chi connectivity index (χ1n) is 11.0. The third-order valence-corrected chi connectivity index (χ3v) is 5.77. The van der Waals surface area contributed by atoms with Crippen LogP contribution >= 0.6 is 0 Å². The molecule has 1 aromatic rings. The van der Waals surface area contributed by atoms with Crippen molar-refractivity contribution < 1.29 is 4.39 Å². The third-order valence-electron chi connectivity index (χ3n) is 5.77. The van der Waals surface area contributed by atoms with Crippen molar-refractivity contribution in [3.63, 3.8) is 0 Å². The van der Waals surface area contributed by atoms with Crippen LogP contribution in [0.15, 0.2) is 95.3 Å². The highest BCUT2D eigenvalue weighted by atomic mass is 19.1. The van der Waals surface area contributed by atoms with Gasteiger partial charge in [-0.1, -0.05) is 56.4 Å². The summed E-state index contributed by atoms with van der Waals surface area (Å²) in [5.41, 5.74) is 10.9. The zero-order valence-corrected chi connectivity index (χ0v) is 19.0. The molecule has 2 aliphatic rings. The molecule has 0 saturated heterocycles. The molecular formula is C27H33FN4. The van der Waals surface area contributed by atoms with Crippen molar-refractivity contribution in [1.82, 2.24) is 4.90 Å². The van der Waals surface area contributed by atoms with Crippen molar-refractivity contribution in [2.45, 2.75) is 32.2 Å². The van der Waals surface area contributed by atoms with E-state index in [4.69, 9.17) is 5.73 Å². The highest BCUT2D eigenvalue weighted by Gasteiger charge is 2.26. The van der Waals surface area contributed by atoms with Crippen LogP contribution < -0.4 is 11.1 Å². The lowest BCUT2D eigenvalue weighted by molar-refractivity contribution is 0.466. The summed E-state index contributed by atoms with van der Waals surface area (Å²) in [5.74, 6) is 0.351. The molecule has 1 aromatic carbocycles. The summed E-state index contributed by atoms with van der Waals surface area (Å²) in [5, 5.41) is 3.30. The van der Waals surface area contributed by atoms with Crippen molar-refractivity contribution >= 4 is 12.0 Å². The average molecular weight is 433 g/mol. The van der Waals surface area contributed by atoms with Gasteiger partial charge < -0.3 is 16.0 Å². The van der Waals surface area contributed by atoms with Crippen LogP contribution in [0.5, 0.6) is 0 Å². The minimum absolute atomic E-state index is 0.128. The van der Waals surface area contributed by atoms with E-state index in [0.29, 0.717) is 17.3 Å². The third kappa shape index (κ3) is 6.10. The molecule has 168 valence electrons. The first-order chi connectivity index (χ1) is 15.4. The fourth-order valence-corrected chi connectivity index (χ4v) is 3.87. The summed E-state index contributed by atoms with van der Waals surface area (Å²) >= 11 is 0. The molecule has 32 heavy (non-hydrogen) atoms. The standard InChI is InChI=1S/C27H33FN4/c1-5-7-8-21(6-2)22-11-12-32(4)27(16-22)19(3)31-25-15-23(14-24(28)17-25)26(30-18-29)13-20-9-10-20/h5-8,11,14-18,20,26,31H,1,3,9-10,12-13H2,2,4H3,(H2,29,30)/b8-7-,21-6+. The number of hydrogen-bond donors (Lipinski definition) is 2. The molecule has 1 aliphatic carbocycles. The van der Waals surface area contributed by atoms with Gasteiger partial charge in [-0.2, -0.15) is 0 Å². The minimum Gasteiger partial charge on any atom is -0.390 e. The molecule has 0 spiro atoms. The van der Waals surface area contributed by atoms with Gasteiger partial charge in [0.1, 0.15) is 5.82 Å². The number of nitrogens with zero attached hydrogens (tertiary/aromatic N) is 2. The Balaban J connectivity index is 1.82. The van der Waals surface area contributed by atoms with Crippen LogP contribution in [0.3, 0.4) is 0 Å². The molecule has 0 bridgehead atoms. The first kappa shape index (κ1) is 23.3. The van der Waals surface area contributed by atoms with Crippen molar-refractivity contribution in [2.24, 2.45) is 16.6 Å². The number of halogens is 1. The largest absolute Gasteiger partial charge is 0.390 e. The Kier molecular flexibility index (Phi) is 7.87. The molecule has 5 heteroatoms. The summed E-state index contributed by atoms with van der Waals surface area (Å²) < 4.78 is 14.5. The quantitative estimate of drug-likeness (QED) is 0.270. The van der Waals surface area contributed by atoms with Gasteiger partial charge in [0.15, 0.2) is 0 Å². The minimum atomic E-state index is -0.303. The number of nitrogens with two attached hydrogens (primary N) is 1. The number of nitrogens with one attached hydrogen (secondary N) is 1. The fraction of sp³-hybridized carbons (Fsp3) is 0.296. The maximum Gasteiger partial charge on any atom is 0.125 e. The van der Waals surface area contributed by atoms with Crippen molar-refractivity contribution in [3.8, 4) is 0 Å². The van der Waals surface area contributed by atoms with Gasteiger partial charge >= 0.3 is 0 Å². The summed E-state index contributed by atoms with van der Waals surface area (Å²) in [6.07, 6.45) is 16.7. The fourth-order valence-electron chi connectivity index (χ4n) is 3.87. The maximum absolute atomic E-state index is 14.5. The number of anilines is 1. The predicted molar refractivity (Wildman–Crippen MR) is 134 cm³/mol. The number of rotatable bonds is 10. The zero-order chi connectivity index (χ0) is 23.1. The van der Waals surface area contributed by atoms with Crippen LogP contribution in [0.4, 0.5) is 10.1 Å². The lowest BCUT2D eigenvalue weighted by Crippen LogP contribution is -2.24. The van der Waals surface area contributed by atoms with Gasteiger partial charge in [-0.3, -0.25) is 4.99 Å². The first-order valence-corrected chi connectivity index (χ1v) is 11.0.